The summed E-state index contributed by atoms with van der Waals surface area (Å²) in [5.74, 6) is -1.59. The molecule has 6 heteroatoms. The molecule has 16 heavy (non-hydrogen) atoms. The molecule has 88 valence electrons. The molecular formula is C10H12ClFN2O2. The summed E-state index contributed by atoms with van der Waals surface area (Å²) in [5.41, 5.74) is 5.72. The Morgan fingerprint density at radius 1 is 1.75 bits per heavy atom. The predicted octanol–water partition coefficient (Wildman–Crippen LogP) is 1.48. The van der Waals surface area contributed by atoms with Gasteiger partial charge in [0.15, 0.2) is 0 Å². The van der Waals surface area contributed by atoms with Crippen LogP contribution in [-0.4, -0.2) is 24.6 Å². The van der Waals surface area contributed by atoms with Crippen molar-refractivity contribution < 1.29 is 13.9 Å². The maximum atomic E-state index is 13.4. The van der Waals surface area contributed by atoms with E-state index in [-0.39, 0.29) is 18.5 Å². The number of carbonyl (C=O) groups is 1. The minimum absolute atomic E-state index is 0.00590. The summed E-state index contributed by atoms with van der Waals surface area (Å²) < 4.78 is 17.9. The highest BCUT2D eigenvalue weighted by Crippen LogP contribution is 2.23. The van der Waals surface area contributed by atoms with Crippen LogP contribution in [0.5, 0.6) is 0 Å². The van der Waals surface area contributed by atoms with E-state index in [1.54, 1.807) is 0 Å². The Bertz CT molecular complexity index is 387. The molecule has 0 spiro atoms. The van der Waals surface area contributed by atoms with Gasteiger partial charge in [0, 0.05) is 17.7 Å². The van der Waals surface area contributed by atoms with Crippen LogP contribution in [0.2, 0.25) is 5.02 Å². The number of rotatable bonds is 4. The summed E-state index contributed by atoms with van der Waals surface area (Å²) in [7, 11) is 1.27. The van der Waals surface area contributed by atoms with Gasteiger partial charge in [0.2, 0.25) is 5.95 Å². The van der Waals surface area contributed by atoms with Gasteiger partial charge in [-0.15, -0.1) is 0 Å². The maximum absolute atomic E-state index is 13.4. The molecule has 0 amide bonds. The van der Waals surface area contributed by atoms with E-state index in [0.717, 1.165) is 0 Å². The number of methoxy groups -OCH3 is 1. The third-order valence-electron chi connectivity index (χ3n) is 2.20. The zero-order valence-corrected chi connectivity index (χ0v) is 9.50. The zero-order chi connectivity index (χ0) is 12.1. The first-order valence-electron chi connectivity index (χ1n) is 4.66. The van der Waals surface area contributed by atoms with Crippen molar-refractivity contribution in [2.75, 3.05) is 13.7 Å². The highest BCUT2D eigenvalue weighted by atomic mass is 35.5. The van der Waals surface area contributed by atoms with Crippen LogP contribution < -0.4 is 5.73 Å². The van der Waals surface area contributed by atoms with Crippen LogP contribution in [0.15, 0.2) is 12.3 Å². The molecule has 1 atom stereocenters. The predicted molar refractivity (Wildman–Crippen MR) is 57.6 cm³/mol. The van der Waals surface area contributed by atoms with Crippen molar-refractivity contribution >= 4 is 17.6 Å². The molecule has 2 N–H and O–H groups in total. The van der Waals surface area contributed by atoms with Gasteiger partial charge in [-0.2, -0.15) is 4.39 Å². The topological polar surface area (TPSA) is 65.2 Å². The molecule has 0 radical (unpaired) electrons. The second-order valence-electron chi connectivity index (χ2n) is 3.25. The number of ether oxygens (including phenoxy) is 1. The molecule has 0 fully saturated rings. The third kappa shape index (κ3) is 3.15. The number of aromatic nitrogens is 1. The van der Waals surface area contributed by atoms with Gasteiger partial charge < -0.3 is 10.5 Å². The number of nitrogens with two attached hydrogens (primary N) is 1. The van der Waals surface area contributed by atoms with Gasteiger partial charge >= 0.3 is 5.97 Å². The van der Waals surface area contributed by atoms with Gasteiger partial charge in [0.1, 0.15) is 0 Å². The molecular weight excluding hydrogens is 235 g/mol. The van der Waals surface area contributed by atoms with Gasteiger partial charge in [-0.25, -0.2) is 4.98 Å². The Morgan fingerprint density at radius 3 is 3.00 bits per heavy atom. The van der Waals surface area contributed by atoms with Crippen molar-refractivity contribution in [2.45, 2.75) is 12.3 Å². The Morgan fingerprint density at radius 2 is 2.44 bits per heavy atom. The van der Waals surface area contributed by atoms with E-state index >= 15 is 0 Å². The second kappa shape index (κ2) is 5.77. The summed E-state index contributed by atoms with van der Waals surface area (Å²) in [6.45, 7) is 0.119. The highest BCUT2D eigenvalue weighted by molar-refractivity contribution is 6.30. The Labute approximate surface area is 97.6 Å². The molecule has 0 aliphatic heterocycles. The standard InChI is InChI=1S/C10H12ClFN2O2/c1-16-9(15)2-6(4-13)8-3-7(11)5-14-10(8)12/h3,5-6H,2,4,13H2,1H3. The third-order valence-corrected chi connectivity index (χ3v) is 2.40. The number of pyridine rings is 1. The average Bonchev–Trinajstić information content (AvgIpc) is 2.29. The molecule has 1 aromatic rings. The summed E-state index contributed by atoms with van der Waals surface area (Å²) in [5, 5.41) is 0.305. The summed E-state index contributed by atoms with van der Waals surface area (Å²) in [6.07, 6.45) is 1.21. The van der Waals surface area contributed by atoms with Gasteiger partial charge in [0.05, 0.1) is 18.6 Å². The van der Waals surface area contributed by atoms with Crippen molar-refractivity contribution in [1.82, 2.24) is 4.98 Å². The smallest absolute Gasteiger partial charge is 0.306 e. The lowest BCUT2D eigenvalue weighted by atomic mass is 9.97. The van der Waals surface area contributed by atoms with Gasteiger partial charge in [-0.1, -0.05) is 11.6 Å². The van der Waals surface area contributed by atoms with Crippen molar-refractivity contribution in [1.29, 1.82) is 0 Å². The van der Waals surface area contributed by atoms with Crippen molar-refractivity contribution in [3.63, 3.8) is 0 Å². The highest BCUT2D eigenvalue weighted by Gasteiger charge is 2.19. The molecule has 0 aliphatic carbocycles. The van der Waals surface area contributed by atoms with Gasteiger partial charge in [-0.3, -0.25) is 4.79 Å². The Balaban J connectivity index is 2.94. The van der Waals surface area contributed by atoms with E-state index in [9.17, 15) is 9.18 Å². The number of nitrogens with zero attached hydrogens (tertiary/aromatic N) is 1. The average molecular weight is 247 g/mol. The molecule has 1 rings (SSSR count). The van der Waals surface area contributed by atoms with E-state index in [2.05, 4.69) is 9.72 Å². The van der Waals surface area contributed by atoms with Gasteiger partial charge in [-0.05, 0) is 12.6 Å². The van der Waals surface area contributed by atoms with Crippen LogP contribution in [0.4, 0.5) is 4.39 Å². The lowest BCUT2D eigenvalue weighted by Crippen LogP contribution is -2.18. The molecule has 1 aromatic heterocycles. The summed E-state index contributed by atoms with van der Waals surface area (Å²) in [4.78, 5) is 14.6. The number of esters is 1. The molecule has 0 bridgehead atoms. The molecule has 0 saturated heterocycles. The fourth-order valence-corrected chi connectivity index (χ4v) is 1.50. The largest absolute Gasteiger partial charge is 0.469 e. The lowest BCUT2D eigenvalue weighted by Gasteiger charge is -2.14. The number of carbonyl (C=O) groups excluding carboxylic acids is 1. The summed E-state index contributed by atoms with van der Waals surface area (Å²) in [6, 6.07) is 1.42. The Kier molecular flexibility index (Phi) is 4.64. The van der Waals surface area contributed by atoms with Crippen molar-refractivity contribution in [3.8, 4) is 0 Å². The Hall–Kier alpha value is -1.20. The minimum atomic E-state index is -0.663. The van der Waals surface area contributed by atoms with Crippen molar-refractivity contribution in [3.05, 3.63) is 28.8 Å². The summed E-state index contributed by atoms with van der Waals surface area (Å²) >= 11 is 5.70. The van der Waals surface area contributed by atoms with Gasteiger partial charge in [0.25, 0.3) is 0 Å². The fraction of sp³-hybridized carbons (Fsp3) is 0.400. The quantitative estimate of drug-likeness (QED) is 0.646. The van der Waals surface area contributed by atoms with E-state index in [1.807, 2.05) is 0 Å². The fourth-order valence-electron chi connectivity index (χ4n) is 1.33. The SMILES string of the molecule is COC(=O)CC(CN)c1cc(Cl)cnc1F. The van der Waals surface area contributed by atoms with Crippen LogP contribution in [0, 0.1) is 5.95 Å². The van der Waals surface area contributed by atoms with E-state index < -0.39 is 17.8 Å². The number of halogens is 2. The van der Waals surface area contributed by atoms with Crippen molar-refractivity contribution in [2.24, 2.45) is 5.73 Å². The lowest BCUT2D eigenvalue weighted by molar-refractivity contribution is -0.141. The first kappa shape index (κ1) is 12.9. The molecule has 0 aromatic carbocycles. The van der Waals surface area contributed by atoms with Crippen LogP contribution in [-0.2, 0) is 9.53 Å². The molecule has 4 nitrogen and oxygen atoms in total. The van der Waals surface area contributed by atoms with E-state index in [0.29, 0.717) is 5.02 Å². The molecule has 0 saturated carbocycles. The van der Waals surface area contributed by atoms with Crippen LogP contribution in [0.25, 0.3) is 0 Å². The molecule has 0 aliphatic rings. The number of hydrogen-bond acceptors (Lipinski definition) is 4. The second-order valence-corrected chi connectivity index (χ2v) is 3.68. The first-order chi connectivity index (χ1) is 7.58. The normalized spacial score (nSPS) is 12.2. The van der Waals surface area contributed by atoms with Crippen LogP contribution >= 0.6 is 11.6 Å². The first-order valence-corrected chi connectivity index (χ1v) is 5.04. The van der Waals surface area contributed by atoms with Crippen LogP contribution in [0.1, 0.15) is 17.9 Å². The van der Waals surface area contributed by atoms with Crippen LogP contribution in [0.3, 0.4) is 0 Å². The minimum Gasteiger partial charge on any atom is -0.469 e. The van der Waals surface area contributed by atoms with E-state index in [4.69, 9.17) is 17.3 Å². The van der Waals surface area contributed by atoms with E-state index in [1.165, 1.54) is 19.4 Å². The maximum Gasteiger partial charge on any atom is 0.306 e. The zero-order valence-electron chi connectivity index (χ0n) is 8.74. The monoisotopic (exact) mass is 246 g/mol. The molecule has 1 unspecified atom stereocenters. The molecule has 1 heterocycles. The number of hydrogen-bond donors (Lipinski definition) is 1.